The highest BCUT2D eigenvalue weighted by Gasteiger charge is 2.32. The molecule has 132 valence electrons. The van der Waals surface area contributed by atoms with Crippen molar-refractivity contribution in [2.75, 3.05) is 34.3 Å². The van der Waals surface area contributed by atoms with Gasteiger partial charge in [-0.05, 0) is 36.6 Å². The summed E-state index contributed by atoms with van der Waals surface area (Å²) in [5.41, 5.74) is 3.43. The van der Waals surface area contributed by atoms with Crippen molar-refractivity contribution in [2.24, 2.45) is 0 Å². The number of methoxy groups -OCH3 is 1. The van der Waals surface area contributed by atoms with Crippen LogP contribution in [0.3, 0.4) is 0 Å². The topological polar surface area (TPSA) is 61.9 Å². The van der Waals surface area contributed by atoms with Crippen LogP contribution in [0.25, 0.3) is 0 Å². The number of amides is 2. The van der Waals surface area contributed by atoms with Crippen LogP contribution in [0.5, 0.6) is 5.75 Å². The Hall–Kier alpha value is -2.08. The fourth-order valence-electron chi connectivity index (χ4n) is 2.98. The summed E-state index contributed by atoms with van der Waals surface area (Å²) in [7, 11) is 5.09. The molecule has 0 aromatic heterocycles. The fraction of sp³-hybridized carbons (Fsp3) is 0.556. The molecule has 0 radical (unpaired) electrons. The molecule has 1 aliphatic heterocycles. The molecule has 1 heterocycles. The molecule has 1 fully saturated rings. The van der Waals surface area contributed by atoms with Crippen LogP contribution in [-0.4, -0.2) is 62.0 Å². The molecule has 1 saturated heterocycles. The number of piperazine rings is 1. The van der Waals surface area contributed by atoms with E-state index in [1.807, 2.05) is 19.1 Å². The molecule has 0 aliphatic carbocycles. The number of carbonyl (C=O) groups is 2. The lowest BCUT2D eigenvalue weighted by atomic mass is 10.00. The van der Waals surface area contributed by atoms with E-state index in [1.54, 1.807) is 21.2 Å². The van der Waals surface area contributed by atoms with Crippen molar-refractivity contribution in [1.82, 2.24) is 15.1 Å². The van der Waals surface area contributed by atoms with Gasteiger partial charge in [-0.1, -0.05) is 6.07 Å². The number of nitrogens with zero attached hydrogens (tertiary/aromatic N) is 2. The van der Waals surface area contributed by atoms with Crippen molar-refractivity contribution in [1.29, 1.82) is 0 Å². The molecule has 1 aliphatic rings. The van der Waals surface area contributed by atoms with Gasteiger partial charge in [-0.25, -0.2) is 0 Å². The van der Waals surface area contributed by atoms with Crippen LogP contribution < -0.4 is 10.1 Å². The molecule has 1 atom stereocenters. The predicted molar refractivity (Wildman–Crippen MR) is 93.0 cm³/mol. The zero-order chi connectivity index (χ0) is 17.9. The first kappa shape index (κ1) is 18.3. The molecule has 6 heteroatoms. The summed E-state index contributed by atoms with van der Waals surface area (Å²) in [6.45, 7) is 6.10. The smallest absolute Gasteiger partial charge is 0.237 e. The highest BCUT2D eigenvalue weighted by Crippen LogP contribution is 2.26. The minimum atomic E-state index is -0.421. The van der Waals surface area contributed by atoms with Gasteiger partial charge in [0.15, 0.2) is 0 Å². The zero-order valence-electron chi connectivity index (χ0n) is 15.2. The van der Waals surface area contributed by atoms with Crippen molar-refractivity contribution < 1.29 is 14.3 Å². The Morgan fingerprint density at radius 3 is 2.67 bits per heavy atom. The number of carbonyl (C=O) groups excluding carboxylic acids is 2. The zero-order valence-corrected chi connectivity index (χ0v) is 15.2. The van der Waals surface area contributed by atoms with Crippen molar-refractivity contribution >= 4 is 11.8 Å². The molecule has 2 rings (SSSR count). The van der Waals surface area contributed by atoms with E-state index < -0.39 is 6.04 Å². The van der Waals surface area contributed by atoms with Crippen LogP contribution in [0.4, 0.5) is 0 Å². The normalized spacial score (nSPS) is 18.2. The van der Waals surface area contributed by atoms with Gasteiger partial charge in [0.05, 0.1) is 19.6 Å². The first-order valence-corrected chi connectivity index (χ1v) is 8.20. The van der Waals surface area contributed by atoms with Crippen LogP contribution in [0.15, 0.2) is 12.1 Å². The Morgan fingerprint density at radius 2 is 2.04 bits per heavy atom. The molecule has 6 nitrogen and oxygen atoms in total. The van der Waals surface area contributed by atoms with Crippen LogP contribution in [-0.2, 0) is 16.1 Å². The summed E-state index contributed by atoms with van der Waals surface area (Å²) in [5.74, 6) is 0.760. The molecule has 0 saturated carbocycles. The maximum atomic E-state index is 12.3. The van der Waals surface area contributed by atoms with E-state index in [9.17, 15) is 9.59 Å². The standard InChI is InChI=1S/C18H27N3O3/c1-12-13(2)16(24-5)7-6-14(12)11-21-9-8-19-18(23)15(21)10-17(22)20(3)4/h6-7,15H,8-11H2,1-5H3,(H,19,23). The molecule has 1 N–H and O–H groups in total. The second kappa shape index (κ2) is 7.66. The number of ether oxygens (including phenoxy) is 1. The van der Waals surface area contributed by atoms with Gasteiger partial charge < -0.3 is 15.0 Å². The number of hydrogen-bond donors (Lipinski definition) is 1. The lowest BCUT2D eigenvalue weighted by Gasteiger charge is -2.35. The highest BCUT2D eigenvalue weighted by atomic mass is 16.5. The van der Waals surface area contributed by atoms with Gasteiger partial charge >= 0.3 is 0 Å². The van der Waals surface area contributed by atoms with E-state index in [4.69, 9.17) is 4.74 Å². The number of nitrogens with one attached hydrogen (secondary N) is 1. The SMILES string of the molecule is COc1ccc(CN2CCNC(=O)C2CC(=O)N(C)C)c(C)c1C. The Bertz CT molecular complexity index is 628. The van der Waals surface area contributed by atoms with E-state index in [0.29, 0.717) is 13.1 Å². The molecule has 0 bridgehead atoms. The lowest BCUT2D eigenvalue weighted by Crippen LogP contribution is -2.56. The average Bonchev–Trinajstić information content (AvgIpc) is 2.55. The number of rotatable bonds is 5. The molecule has 0 spiro atoms. The molecule has 2 amide bonds. The van der Waals surface area contributed by atoms with E-state index in [0.717, 1.165) is 29.0 Å². The summed E-state index contributed by atoms with van der Waals surface area (Å²) >= 11 is 0. The third-order valence-electron chi connectivity index (χ3n) is 4.75. The highest BCUT2D eigenvalue weighted by molar-refractivity contribution is 5.88. The fourth-order valence-corrected chi connectivity index (χ4v) is 2.98. The molecule has 1 unspecified atom stereocenters. The van der Waals surface area contributed by atoms with E-state index in [2.05, 4.69) is 17.1 Å². The molecular formula is C18H27N3O3. The van der Waals surface area contributed by atoms with Gasteiger partial charge in [0, 0.05) is 33.7 Å². The van der Waals surface area contributed by atoms with Crippen LogP contribution in [0.1, 0.15) is 23.1 Å². The second-order valence-electron chi connectivity index (χ2n) is 6.45. The maximum Gasteiger partial charge on any atom is 0.237 e. The Labute approximate surface area is 143 Å². The van der Waals surface area contributed by atoms with Crippen molar-refractivity contribution in [2.45, 2.75) is 32.9 Å². The van der Waals surface area contributed by atoms with E-state index >= 15 is 0 Å². The molecule has 1 aromatic carbocycles. The summed E-state index contributed by atoms with van der Waals surface area (Å²) in [6.07, 6.45) is 0.201. The third-order valence-corrected chi connectivity index (χ3v) is 4.75. The van der Waals surface area contributed by atoms with E-state index in [1.165, 1.54) is 4.90 Å². The van der Waals surface area contributed by atoms with Crippen LogP contribution in [0.2, 0.25) is 0 Å². The van der Waals surface area contributed by atoms with Gasteiger partial charge in [0.25, 0.3) is 0 Å². The Kier molecular flexibility index (Phi) is 5.83. The van der Waals surface area contributed by atoms with Crippen LogP contribution in [0, 0.1) is 13.8 Å². The first-order valence-electron chi connectivity index (χ1n) is 8.20. The monoisotopic (exact) mass is 333 g/mol. The average molecular weight is 333 g/mol. The van der Waals surface area contributed by atoms with Gasteiger partial charge in [-0.15, -0.1) is 0 Å². The van der Waals surface area contributed by atoms with Crippen molar-refractivity contribution in [3.05, 3.63) is 28.8 Å². The first-order chi connectivity index (χ1) is 11.3. The minimum Gasteiger partial charge on any atom is -0.496 e. The summed E-state index contributed by atoms with van der Waals surface area (Å²) < 4.78 is 5.36. The summed E-state index contributed by atoms with van der Waals surface area (Å²) in [5, 5.41) is 2.87. The summed E-state index contributed by atoms with van der Waals surface area (Å²) in [4.78, 5) is 27.9. The Morgan fingerprint density at radius 1 is 1.33 bits per heavy atom. The Balaban J connectivity index is 2.21. The number of hydrogen-bond acceptors (Lipinski definition) is 4. The molecular weight excluding hydrogens is 306 g/mol. The number of benzene rings is 1. The van der Waals surface area contributed by atoms with E-state index in [-0.39, 0.29) is 18.2 Å². The van der Waals surface area contributed by atoms with Gasteiger partial charge in [-0.2, -0.15) is 0 Å². The summed E-state index contributed by atoms with van der Waals surface area (Å²) in [6, 6.07) is 3.58. The van der Waals surface area contributed by atoms with Gasteiger partial charge in [-0.3, -0.25) is 14.5 Å². The van der Waals surface area contributed by atoms with Gasteiger partial charge in [0.1, 0.15) is 5.75 Å². The van der Waals surface area contributed by atoms with Crippen molar-refractivity contribution in [3.8, 4) is 5.75 Å². The van der Waals surface area contributed by atoms with Gasteiger partial charge in [0.2, 0.25) is 11.8 Å². The van der Waals surface area contributed by atoms with Crippen LogP contribution >= 0.6 is 0 Å². The maximum absolute atomic E-state index is 12.3. The third kappa shape index (κ3) is 3.87. The largest absolute Gasteiger partial charge is 0.496 e. The molecule has 1 aromatic rings. The second-order valence-corrected chi connectivity index (χ2v) is 6.45. The molecule has 24 heavy (non-hydrogen) atoms. The lowest BCUT2D eigenvalue weighted by molar-refractivity contribution is -0.137. The minimum absolute atomic E-state index is 0.0373. The van der Waals surface area contributed by atoms with Crippen molar-refractivity contribution in [3.63, 3.8) is 0 Å². The quantitative estimate of drug-likeness (QED) is 0.876. The predicted octanol–water partition coefficient (Wildman–Crippen LogP) is 1.09.